The number of nitrogens with zero attached hydrogens (tertiary/aromatic N) is 2. The van der Waals surface area contributed by atoms with Crippen LogP contribution in [0.5, 0.6) is 0 Å². The van der Waals surface area contributed by atoms with Crippen molar-refractivity contribution in [1.29, 1.82) is 0 Å². The number of allylic oxidation sites excluding steroid dienone is 3. The maximum Gasteiger partial charge on any atom is 0.254 e. The van der Waals surface area contributed by atoms with Gasteiger partial charge in [0.1, 0.15) is 0 Å². The molecule has 0 fully saturated rings. The number of anilines is 1. The van der Waals surface area contributed by atoms with Crippen LogP contribution < -0.4 is 5.32 Å². The zero-order valence-electron chi connectivity index (χ0n) is 24.1. The van der Waals surface area contributed by atoms with Crippen LogP contribution in [0.4, 0.5) is 5.69 Å². The van der Waals surface area contributed by atoms with Gasteiger partial charge in [0.2, 0.25) is 0 Å². The molecule has 2 aliphatic heterocycles. The van der Waals surface area contributed by atoms with E-state index in [1.54, 1.807) is 0 Å². The predicted octanol–water partition coefficient (Wildman–Crippen LogP) is 7.86. The Kier molecular flexibility index (Phi) is 13.8. The third-order valence-corrected chi connectivity index (χ3v) is 6.84. The van der Waals surface area contributed by atoms with Gasteiger partial charge in [-0.3, -0.25) is 9.69 Å². The van der Waals surface area contributed by atoms with Gasteiger partial charge in [-0.1, -0.05) is 83.0 Å². The lowest BCUT2D eigenvalue weighted by Crippen LogP contribution is -2.40. The van der Waals surface area contributed by atoms with Crippen molar-refractivity contribution in [3.05, 3.63) is 88.6 Å². The Morgan fingerprint density at radius 3 is 2.30 bits per heavy atom. The molecule has 0 radical (unpaired) electrons. The lowest BCUT2D eigenvalue weighted by atomic mass is 9.98. The quantitative estimate of drug-likeness (QED) is 0.372. The summed E-state index contributed by atoms with van der Waals surface area (Å²) in [6.07, 6.45) is 11.8. The van der Waals surface area contributed by atoms with E-state index in [9.17, 15) is 4.79 Å². The second kappa shape index (κ2) is 16.8. The molecule has 2 aromatic carbocycles. The molecule has 0 unspecified atom stereocenters. The van der Waals surface area contributed by atoms with Gasteiger partial charge in [-0.05, 0) is 68.0 Å². The summed E-state index contributed by atoms with van der Waals surface area (Å²) in [6, 6.07) is 14.9. The van der Waals surface area contributed by atoms with Gasteiger partial charge in [0, 0.05) is 49.7 Å². The monoisotopic (exact) mass is 503 g/mol. The third-order valence-electron chi connectivity index (χ3n) is 6.84. The van der Waals surface area contributed by atoms with Gasteiger partial charge in [0.15, 0.2) is 0 Å². The van der Waals surface area contributed by atoms with E-state index in [1.165, 1.54) is 24.0 Å². The first-order valence-corrected chi connectivity index (χ1v) is 14.4. The highest BCUT2D eigenvalue weighted by Gasteiger charge is 2.24. The van der Waals surface area contributed by atoms with Crippen LogP contribution in [0.1, 0.15) is 87.9 Å². The zero-order chi connectivity index (χ0) is 27.0. The minimum Gasteiger partial charge on any atom is -0.356 e. The Morgan fingerprint density at radius 2 is 1.62 bits per heavy atom. The maximum absolute atomic E-state index is 13.2. The molecule has 0 aromatic heterocycles. The van der Waals surface area contributed by atoms with Crippen LogP contribution in [0.15, 0.2) is 66.4 Å². The lowest BCUT2D eigenvalue weighted by molar-refractivity contribution is 0.0730. The van der Waals surface area contributed by atoms with Crippen molar-refractivity contribution in [3.63, 3.8) is 0 Å². The van der Waals surface area contributed by atoms with E-state index in [-0.39, 0.29) is 5.91 Å². The summed E-state index contributed by atoms with van der Waals surface area (Å²) in [5, 5.41) is 3.41. The molecule has 1 N–H and O–H groups in total. The standard InChI is InChI=1S/C27H33N3O.C4H10.C2H6/c1-3-8-24(4-2)28-25-12-11-22-14-18-30(27(31)26(22)19-25)16-7-15-29-17-13-21-9-5-6-10-23(21)20-29;1-3-4-2;1-2/h3-6,8-12,19,28H,7,13-18,20H2,1-2H3;3-4H2,1-2H3;1-2H3/b8-3-,24-4+;;. The van der Waals surface area contributed by atoms with Crippen LogP contribution in [-0.4, -0.2) is 41.9 Å². The average Bonchev–Trinajstić information content (AvgIpc) is 2.95. The van der Waals surface area contributed by atoms with Crippen molar-refractivity contribution in [2.45, 2.75) is 80.2 Å². The van der Waals surface area contributed by atoms with Crippen molar-refractivity contribution in [2.24, 2.45) is 0 Å². The van der Waals surface area contributed by atoms with E-state index in [0.29, 0.717) is 0 Å². The Hall–Kier alpha value is -2.85. The number of hydrogen-bond acceptors (Lipinski definition) is 3. The van der Waals surface area contributed by atoms with Crippen LogP contribution in [0.2, 0.25) is 0 Å². The van der Waals surface area contributed by atoms with E-state index in [1.807, 2.05) is 56.9 Å². The summed E-state index contributed by atoms with van der Waals surface area (Å²) in [4.78, 5) is 17.7. The van der Waals surface area contributed by atoms with Crippen LogP contribution in [-0.2, 0) is 19.4 Å². The van der Waals surface area contributed by atoms with Gasteiger partial charge in [0.05, 0.1) is 0 Å². The van der Waals surface area contributed by atoms with Gasteiger partial charge in [-0.2, -0.15) is 0 Å². The van der Waals surface area contributed by atoms with Crippen molar-refractivity contribution in [1.82, 2.24) is 9.80 Å². The molecule has 4 rings (SSSR count). The van der Waals surface area contributed by atoms with Gasteiger partial charge >= 0.3 is 0 Å². The summed E-state index contributed by atoms with van der Waals surface area (Å²) in [5.74, 6) is 0.168. The van der Waals surface area contributed by atoms with Gasteiger partial charge in [0.25, 0.3) is 5.91 Å². The Labute approximate surface area is 226 Å². The molecular formula is C33H49N3O. The Morgan fingerprint density at radius 1 is 0.919 bits per heavy atom. The smallest absolute Gasteiger partial charge is 0.254 e. The number of amides is 1. The molecule has 37 heavy (non-hydrogen) atoms. The van der Waals surface area contributed by atoms with E-state index >= 15 is 0 Å². The third kappa shape index (κ3) is 9.19. The van der Waals surface area contributed by atoms with Gasteiger partial charge in [-0.15, -0.1) is 0 Å². The first-order valence-electron chi connectivity index (χ1n) is 14.4. The van der Waals surface area contributed by atoms with Crippen molar-refractivity contribution in [3.8, 4) is 0 Å². The number of fused-ring (bicyclic) bond motifs is 2. The fourth-order valence-electron chi connectivity index (χ4n) is 4.60. The van der Waals surface area contributed by atoms with E-state index in [0.717, 1.165) is 74.5 Å². The number of nitrogens with one attached hydrogen (secondary N) is 1. The molecule has 0 spiro atoms. The summed E-state index contributed by atoms with van der Waals surface area (Å²) in [5.41, 5.74) is 6.95. The molecule has 0 atom stereocenters. The molecule has 0 saturated heterocycles. The summed E-state index contributed by atoms with van der Waals surface area (Å²) < 4.78 is 0. The molecule has 2 aliphatic rings. The van der Waals surface area contributed by atoms with Crippen LogP contribution in [0, 0.1) is 0 Å². The molecular weight excluding hydrogens is 454 g/mol. The summed E-state index contributed by atoms with van der Waals surface area (Å²) in [6.45, 7) is 17.2. The highest BCUT2D eigenvalue weighted by Crippen LogP contribution is 2.24. The maximum atomic E-state index is 13.2. The van der Waals surface area contributed by atoms with Crippen molar-refractivity contribution in [2.75, 3.05) is 31.5 Å². The second-order valence-corrected chi connectivity index (χ2v) is 9.43. The Bertz CT molecular complexity index is 1020. The SMILES string of the molecule is C/C=C\C(=C/C)Nc1ccc2c(c1)C(=O)N(CCCN1CCc3ccccc3C1)CC2.CC.CCCC. The van der Waals surface area contributed by atoms with Crippen LogP contribution in [0.3, 0.4) is 0 Å². The molecule has 2 heterocycles. The minimum atomic E-state index is 0.168. The summed E-state index contributed by atoms with van der Waals surface area (Å²) >= 11 is 0. The first kappa shape index (κ1) is 30.4. The number of carbonyl (C=O) groups excluding carboxylic acids is 1. The van der Waals surface area contributed by atoms with E-state index in [2.05, 4.69) is 60.5 Å². The number of benzene rings is 2. The van der Waals surface area contributed by atoms with Gasteiger partial charge < -0.3 is 10.2 Å². The number of rotatable bonds is 8. The highest BCUT2D eigenvalue weighted by atomic mass is 16.2. The van der Waals surface area contributed by atoms with Gasteiger partial charge in [-0.25, -0.2) is 0 Å². The number of hydrogen-bond donors (Lipinski definition) is 1. The normalized spacial score (nSPS) is 15.2. The highest BCUT2D eigenvalue weighted by molar-refractivity contribution is 5.97. The molecule has 2 aromatic rings. The van der Waals surface area contributed by atoms with Crippen LogP contribution >= 0.6 is 0 Å². The zero-order valence-corrected chi connectivity index (χ0v) is 24.1. The van der Waals surface area contributed by atoms with Crippen LogP contribution in [0.25, 0.3) is 0 Å². The number of unbranched alkanes of at least 4 members (excludes halogenated alkanes) is 1. The first-order chi connectivity index (χ1) is 18.1. The van der Waals surface area contributed by atoms with E-state index in [4.69, 9.17) is 0 Å². The molecule has 202 valence electrons. The molecule has 0 bridgehead atoms. The number of carbonyl (C=O) groups is 1. The average molecular weight is 504 g/mol. The predicted molar refractivity (Wildman–Crippen MR) is 160 cm³/mol. The minimum absolute atomic E-state index is 0.168. The molecule has 4 heteroatoms. The summed E-state index contributed by atoms with van der Waals surface area (Å²) in [7, 11) is 0. The fraction of sp³-hybridized carbons (Fsp3) is 0.485. The van der Waals surface area contributed by atoms with Crippen molar-refractivity contribution >= 4 is 11.6 Å². The molecule has 4 nitrogen and oxygen atoms in total. The second-order valence-electron chi connectivity index (χ2n) is 9.43. The molecule has 1 amide bonds. The molecule has 0 saturated carbocycles. The Balaban J connectivity index is 0.000000733. The van der Waals surface area contributed by atoms with Crippen molar-refractivity contribution < 1.29 is 4.79 Å². The fourth-order valence-corrected chi connectivity index (χ4v) is 4.60. The lowest BCUT2D eigenvalue weighted by Gasteiger charge is -2.31. The van der Waals surface area contributed by atoms with E-state index < -0.39 is 0 Å². The topological polar surface area (TPSA) is 35.6 Å². The largest absolute Gasteiger partial charge is 0.356 e. The molecule has 0 aliphatic carbocycles.